The van der Waals surface area contributed by atoms with E-state index in [0.29, 0.717) is 22.8 Å². The van der Waals surface area contributed by atoms with Crippen molar-refractivity contribution < 1.29 is 23.5 Å². The summed E-state index contributed by atoms with van der Waals surface area (Å²) in [5.41, 5.74) is 4.34. The van der Waals surface area contributed by atoms with Crippen LogP contribution in [-0.2, 0) is 20.9 Å². The molecule has 10 heteroatoms. The molecule has 33 heavy (non-hydrogen) atoms. The Morgan fingerprint density at radius 1 is 1.09 bits per heavy atom. The van der Waals surface area contributed by atoms with Gasteiger partial charge in [0.1, 0.15) is 11.5 Å². The Hall–Kier alpha value is -3.92. The Morgan fingerprint density at radius 2 is 1.94 bits per heavy atom. The second-order valence-electron chi connectivity index (χ2n) is 6.85. The smallest absolute Gasteiger partial charge is 0.329 e. The average molecular weight is 513 g/mol. The highest BCUT2D eigenvalue weighted by Gasteiger charge is 2.13. The number of carbonyl (C=O) groups excluding carboxylic acids is 3. The minimum absolute atomic E-state index is 0.0806. The number of halogens is 1. The lowest BCUT2D eigenvalue weighted by atomic mass is 10.2. The van der Waals surface area contributed by atoms with Gasteiger partial charge in [0.15, 0.2) is 6.61 Å². The first kappa shape index (κ1) is 23.7. The Balaban J connectivity index is 1.54. The fourth-order valence-corrected chi connectivity index (χ4v) is 3.07. The first-order valence-corrected chi connectivity index (χ1v) is 10.6. The molecule has 1 aromatic heterocycles. The third-order valence-corrected chi connectivity index (χ3v) is 4.70. The van der Waals surface area contributed by atoms with Crippen molar-refractivity contribution in [1.29, 1.82) is 0 Å². The predicted octanol–water partition coefficient (Wildman–Crippen LogP) is 3.13. The van der Waals surface area contributed by atoms with Crippen molar-refractivity contribution in [3.8, 4) is 5.75 Å². The number of furan rings is 1. The zero-order chi connectivity index (χ0) is 23.6. The van der Waals surface area contributed by atoms with E-state index >= 15 is 0 Å². The summed E-state index contributed by atoms with van der Waals surface area (Å²) in [7, 11) is 0. The zero-order valence-corrected chi connectivity index (χ0v) is 19.2. The maximum atomic E-state index is 12.2. The maximum Gasteiger partial charge on any atom is 0.329 e. The van der Waals surface area contributed by atoms with Crippen LogP contribution in [0.2, 0.25) is 0 Å². The van der Waals surface area contributed by atoms with Crippen molar-refractivity contribution in [2.45, 2.75) is 13.5 Å². The Kier molecular flexibility index (Phi) is 8.36. The van der Waals surface area contributed by atoms with Crippen LogP contribution in [0.4, 0.5) is 5.69 Å². The van der Waals surface area contributed by atoms with Gasteiger partial charge in [0.25, 0.3) is 5.91 Å². The van der Waals surface area contributed by atoms with E-state index in [1.807, 2.05) is 25.1 Å². The Labute approximate surface area is 198 Å². The van der Waals surface area contributed by atoms with E-state index in [1.54, 1.807) is 36.4 Å². The summed E-state index contributed by atoms with van der Waals surface area (Å²) in [5.74, 6) is -1.23. The van der Waals surface area contributed by atoms with Crippen molar-refractivity contribution in [1.82, 2.24) is 10.7 Å². The lowest BCUT2D eigenvalue weighted by molar-refractivity contribution is -0.139. The summed E-state index contributed by atoms with van der Waals surface area (Å²) in [6, 6.07) is 15.9. The quantitative estimate of drug-likeness (QED) is 0.243. The molecule has 0 saturated carbocycles. The van der Waals surface area contributed by atoms with E-state index in [-0.39, 0.29) is 19.1 Å². The van der Waals surface area contributed by atoms with Gasteiger partial charge >= 0.3 is 11.8 Å². The van der Waals surface area contributed by atoms with Crippen LogP contribution in [-0.4, -0.2) is 30.5 Å². The van der Waals surface area contributed by atoms with Gasteiger partial charge < -0.3 is 19.8 Å². The van der Waals surface area contributed by atoms with E-state index in [2.05, 4.69) is 37.1 Å². The van der Waals surface area contributed by atoms with E-state index < -0.39 is 11.8 Å². The van der Waals surface area contributed by atoms with Crippen LogP contribution in [0.5, 0.6) is 5.75 Å². The molecular weight excluding hydrogens is 492 g/mol. The Morgan fingerprint density at radius 3 is 2.70 bits per heavy atom. The van der Waals surface area contributed by atoms with Gasteiger partial charge in [-0.2, -0.15) is 5.10 Å². The van der Waals surface area contributed by atoms with Crippen LogP contribution < -0.4 is 20.8 Å². The van der Waals surface area contributed by atoms with Gasteiger partial charge in [0.2, 0.25) is 0 Å². The number of anilines is 1. The number of rotatable bonds is 8. The molecule has 0 unspecified atom stereocenters. The topological polar surface area (TPSA) is 122 Å². The van der Waals surface area contributed by atoms with Gasteiger partial charge in [-0.15, -0.1) is 0 Å². The van der Waals surface area contributed by atoms with E-state index in [0.717, 1.165) is 10.0 Å². The molecule has 0 atom stereocenters. The molecule has 170 valence electrons. The van der Waals surface area contributed by atoms with E-state index in [4.69, 9.17) is 9.15 Å². The summed E-state index contributed by atoms with van der Waals surface area (Å²) in [5, 5.41) is 8.98. The van der Waals surface area contributed by atoms with Gasteiger partial charge in [0.05, 0.1) is 19.0 Å². The molecule has 1 heterocycles. The van der Waals surface area contributed by atoms with Crippen LogP contribution in [0.1, 0.15) is 16.9 Å². The number of carbonyl (C=O) groups is 3. The van der Waals surface area contributed by atoms with Gasteiger partial charge in [-0.1, -0.05) is 28.1 Å². The summed E-state index contributed by atoms with van der Waals surface area (Å²) in [4.78, 5) is 35.9. The van der Waals surface area contributed by atoms with Crippen LogP contribution in [0.25, 0.3) is 0 Å². The molecule has 0 radical (unpaired) electrons. The van der Waals surface area contributed by atoms with Crippen molar-refractivity contribution >= 4 is 45.6 Å². The number of nitrogens with one attached hydrogen (secondary N) is 3. The lowest BCUT2D eigenvalue weighted by Gasteiger charge is -2.10. The van der Waals surface area contributed by atoms with Crippen molar-refractivity contribution in [3.63, 3.8) is 0 Å². The highest BCUT2D eigenvalue weighted by Crippen LogP contribution is 2.22. The van der Waals surface area contributed by atoms with E-state index in [1.165, 1.54) is 12.5 Å². The summed E-state index contributed by atoms with van der Waals surface area (Å²) in [6.07, 6.45) is 2.78. The van der Waals surface area contributed by atoms with Crippen LogP contribution in [0.15, 0.2) is 74.9 Å². The minimum atomic E-state index is -0.937. The third-order valence-electron chi connectivity index (χ3n) is 4.21. The fraction of sp³-hybridized carbons (Fsp3) is 0.130. The molecule has 0 aliphatic rings. The highest BCUT2D eigenvalue weighted by molar-refractivity contribution is 9.10. The molecule has 9 nitrogen and oxygen atoms in total. The zero-order valence-electron chi connectivity index (χ0n) is 17.6. The first-order valence-electron chi connectivity index (χ1n) is 9.83. The molecule has 0 fully saturated rings. The molecule has 0 spiro atoms. The molecule has 3 N–H and O–H groups in total. The van der Waals surface area contributed by atoms with Crippen LogP contribution in [0, 0.1) is 6.92 Å². The second kappa shape index (κ2) is 11.6. The molecule has 0 bridgehead atoms. The molecule has 0 aliphatic carbocycles. The van der Waals surface area contributed by atoms with Crippen molar-refractivity contribution in [2.24, 2.45) is 5.10 Å². The number of hydrogen-bond donors (Lipinski definition) is 3. The van der Waals surface area contributed by atoms with Crippen molar-refractivity contribution in [2.75, 3.05) is 11.9 Å². The van der Waals surface area contributed by atoms with Gasteiger partial charge in [-0.3, -0.25) is 14.4 Å². The number of nitrogens with zero attached hydrogens (tertiary/aromatic N) is 1. The van der Waals surface area contributed by atoms with Crippen LogP contribution >= 0.6 is 15.9 Å². The number of hydrazone groups is 1. The molecule has 3 rings (SSSR count). The maximum absolute atomic E-state index is 12.2. The van der Waals surface area contributed by atoms with Gasteiger partial charge in [-0.05, 0) is 55.0 Å². The normalized spacial score (nSPS) is 10.6. The highest BCUT2D eigenvalue weighted by atomic mass is 79.9. The summed E-state index contributed by atoms with van der Waals surface area (Å²) < 4.78 is 11.4. The SMILES string of the molecule is Cc1cccc(NC(=O)COc2ccc(Br)cc2/C=N\NC(=O)C(=O)NCc2ccco2)c1. The van der Waals surface area contributed by atoms with Crippen LogP contribution in [0.3, 0.4) is 0 Å². The van der Waals surface area contributed by atoms with Crippen molar-refractivity contribution in [3.05, 3.63) is 82.2 Å². The lowest BCUT2D eigenvalue weighted by Crippen LogP contribution is -2.37. The number of ether oxygens (including phenoxy) is 1. The first-order chi connectivity index (χ1) is 15.9. The standard InChI is InChI=1S/C23H21BrN4O5/c1-15-4-2-5-18(10-15)27-21(29)14-33-20-8-7-17(24)11-16(20)12-26-28-23(31)22(30)25-13-19-6-3-9-32-19/h2-12H,13-14H2,1H3,(H,25,30)(H,27,29)(H,28,31)/b26-12-. The predicted molar refractivity (Wildman–Crippen MR) is 126 cm³/mol. The summed E-state index contributed by atoms with van der Waals surface area (Å²) in [6.45, 7) is 1.79. The van der Waals surface area contributed by atoms with Gasteiger partial charge in [0, 0.05) is 15.7 Å². The monoisotopic (exact) mass is 512 g/mol. The molecular formula is C23H21BrN4O5. The molecule has 3 amide bonds. The minimum Gasteiger partial charge on any atom is -0.483 e. The van der Waals surface area contributed by atoms with E-state index in [9.17, 15) is 14.4 Å². The number of benzene rings is 2. The number of hydrogen-bond acceptors (Lipinski definition) is 6. The van der Waals surface area contributed by atoms with Gasteiger partial charge in [-0.25, -0.2) is 5.43 Å². The molecule has 2 aromatic carbocycles. The Bertz CT molecular complexity index is 1160. The third kappa shape index (κ3) is 7.62. The number of aryl methyl sites for hydroxylation is 1. The fourth-order valence-electron chi connectivity index (χ4n) is 2.69. The summed E-state index contributed by atoms with van der Waals surface area (Å²) >= 11 is 3.35. The molecule has 3 aromatic rings. The molecule has 0 aliphatic heterocycles. The second-order valence-corrected chi connectivity index (χ2v) is 7.77. The number of amides is 3. The largest absolute Gasteiger partial charge is 0.483 e. The average Bonchev–Trinajstić information content (AvgIpc) is 3.30. The molecule has 0 saturated heterocycles.